The third-order valence-electron chi connectivity index (χ3n) is 3.44. The van der Waals surface area contributed by atoms with Gasteiger partial charge in [0.1, 0.15) is 5.75 Å². The van der Waals surface area contributed by atoms with Crippen LogP contribution in [0.3, 0.4) is 0 Å². The molecule has 0 aliphatic rings. The van der Waals surface area contributed by atoms with Crippen LogP contribution in [-0.4, -0.2) is 17.1 Å². The van der Waals surface area contributed by atoms with Crippen LogP contribution in [0, 0.1) is 0 Å². The van der Waals surface area contributed by atoms with Crippen LogP contribution in [0.2, 0.25) is 15.1 Å². The highest BCUT2D eigenvalue weighted by Gasteiger charge is 2.13. The smallest absolute Gasteiger partial charge is 0.286 e. The van der Waals surface area contributed by atoms with E-state index in [2.05, 4.69) is 11.6 Å². The molecule has 3 rings (SSSR count). The zero-order chi connectivity index (χ0) is 18.7. The minimum atomic E-state index is -0.411. The first-order valence-corrected chi connectivity index (χ1v) is 9.49. The first kappa shape index (κ1) is 19.0. The SMILES string of the molecule is C=CCn1c(=NC(=O)COc2ccc(Cl)cc2)sc2ccc(Cl)c(Cl)c21. The molecule has 1 aromatic heterocycles. The highest BCUT2D eigenvalue weighted by atomic mass is 35.5. The van der Waals surface area contributed by atoms with E-state index >= 15 is 0 Å². The Morgan fingerprint density at radius 2 is 1.92 bits per heavy atom. The molecule has 1 amide bonds. The number of carbonyl (C=O) groups excluding carboxylic acids is 1. The molecule has 134 valence electrons. The van der Waals surface area contributed by atoms with E-state index in [9.17, 15) is 4.79 Å². The Kier molecular flexibility index (Phi) is 6.04. The van der Waals surface area contributed by atoms with Crippen molar-refractivity contribution in [2.24, 2.45) is 4.99 Å². The lowest BCUT2D eigenvalue weighted by Gasteiger charge is -2.05. The Morgan fingerprint density at radius 3 is 2.62 bits per heavy atom. The Labute approximate surface area is 168 Å². The summed E-state index contributed by atoms with van der Waals surface area (Å²) in [6.07, 6.45) is 1.71. The van der Waals surface area contributed by atoms with E-state index in [1.807, 2.05) is 6.07 Å². The van der Waals surface area contributed by atoms with Crippen molar-refractivity contribution in [1.29, 1.82) is 0 Å². The summed E-state index contributed by atoms with van der Waals surface area (Å²) in [5.41, 5.74) is 0.731. The number of rotatable bonds is 5. The van der Waals surface area contributed by atoms with Gasteiger partial charge in [0.05, 0.1) is 20.3 Å². The molecule has 0 aliphatic heterocycles. The molecule has 1 heterocycles. The highest BCUT2D eigenvalue weighted by Crippen LogP contribution is 2.32. The van der Waals surface area contributed by atoms with Crippen LogP contribution in [0.4, 0.5) is 0 Å². The summed E-state index contributed by atoms with van der Waals surface area (Å²) in [5, 5.41) is 1.46. The quantitative estimate of drug-likeness (QED) is 0.515. The molecule has 0 unspecified atom stereocenters. The summed E-state index contributed by atoms with van der Waals surface area (Å²) in [4.78, 5) is 16.9. The molecule has 3 aromatic rings. The van der Waals surface area contributed by atoms with Gasteiger partial charge in [0.25, 0.3) is 5.91 Å². The molecule has 0 aliphatic carbocycles. The van der Waals surface area contributed by atoms with Crippen molar-refractivity contribution in [3.63, 3.8) is 0 Å². The van der Waals surface area contributed by atoms with E-state index in [1.54, 1.807) is 41.0 Å². The van der Waals surface area contributed by atoms with Crippen LogP contribution in [0.15, 0.2) is 54.0 Å². The number of thiazole rings is 1. The van der Waals surface area contributed by atoms with E-state index < -0.39 is 5.91 Å². The maximum absolute atomic E-state index is 12.2. The number of fused-ring (bicyclic) bond motifs is 1. The topological polar surface area (TPSA) is 43.6 Å². The summed E-state index contributed by atoms with van der Waals surface area (Å²) in [6, 6.07) is 10.3. The second-order valence-electron chi connectivity index (χ2n) is 5.24. The first-order valence-electron chi connectivity index (χ1n) is 7.53. The van der Waals surface area contributed by atoms with E-state index in [4.69, 9.17) is 39.5 Å². The predicted molar refractivity (Wildman–Crippen MR) is 108 cm³/mol. The number of hydrogen-bond donors (Lipinski definition) is 0. The van der Waals surface area contributed by atoms with Crippen molar-refractivity contribution in [3.05, 3.63) is 68.9 Å². The summed E-state index contributed by atoms with van der Waals surface area (Å²) >= 11 is 19.6. The number of nitrogens with zero attached hydrogens (tertiary/aromatic N) is 2. The molecule has 8 heteroatoms. The molecule has 0 bridgehead atoms. The number of benzene rings is 2. The molecule has 0 radical (unpaired) electrons. The van der Waals surface area contributed by atoms with E-state index in [0.29, 0.717) is 32.2 Å². The van der Waals surface area contributed by atoms with Crippen LogP contribution in [-0.2, 0) is 11.3 Å². The molecular formula is C18H13Cl3N2O2S. The van der Waals surface area contributed by atoms with Gasteiger partial charge in [-0.15, -0.1) is 6.58 Å². The van der Waals surface area contributed by atoms with Crippen molar-refractivity contribution in [3.8, 4) is 5.75 Å². The van der Waals surface area contributed by atoms with E-state index in [1.165, 1.54) is 11.3 Å². The summed E-state index contributed by atoms with van der Waals surface area (Å²) in [6.45, 7) is 4.01. The Balaban J connectivity index is 1.91. The second kappa shape index (κ2) is 8.27. The number of aromatic nitrogens is 1. The number of allylic oxidation sites excluding steroid dienone is 1. The van der Waals surface area contributed by atoms with Crippen molar-refractivity contribution in [1.82, 2.24) is 4.57 Å². The molecule has 26 heavy (non-hydrogen) atoms. The Bertz CT molecular complexity index is 1040. The van der Waals surface area contributed by atoms with Crippen LogP contribution in [0.1, 0.15) is 0 Å². The van der Waals surface area contributed by atoms with Crippen molar-refractivity contribution in [2.75, 3.05) is 6.61 Å². The molecule has 0 spiro atoms. The minimum Gasteiger partial charge on any atom is -0.484 e. The standard InChI is InChI=1S/C18H13Cl3N2O2S/c1-2-9-23-17-14(8-7-13(20)16(17)21)26-18(23)22-15(24)10-25-12-5-3-11(19)4-6-12/h2-8H,1,9-10H2. The Morgan fingerprint density at radius 1 is 1.19 bits per heavy atom. The maximum Gasteiger partial charge on any atom is 0.286 e. The van der Waals surface area contributed by atoms with Crippen molar-refractivity contribution in [2.45, 2.75) is 6.54 Å². The largest absolute Gasteiger partial charge is 0.484 e. The van der Waals surface area contributed by atoms with Crippen LogP contribution >= 0.6 is 46.1 Å². The van der Waals surface area contributed by atoms with Gasteiger partial charge in [-0.2, -0.15) is 4.99 Å². The van der Waals surface area contributed by atoms with Gasteiger partial charge < -0.3 is 9.30 Å². The fourth-order valence-corrected chi connectivity index (χ4v) is 3.97. The fraction of sp³-hybridized carbons (Fsp3) is 0.111. The van der Waals surface area contributed by atoms with Gasteiger partial charge in [0.15, 0.2) is 11.4 Å². The lowest BCUT2D eigenvalue weighted by atomic mass is 10.3. The normalized spacial score (nSPS) is 11.7. The number of amides is 1. The van der Waals surface area contributed by atoms with Gasteiger partial charge in [-0.05, 0) is 36.4 Å². The lowest BCUT2D eigenvalue weighted by Crippen LogP contribution is -2.19. The number of hydrogen-bond acceptors (Lipinski definition) is 3. The summed E-state index contributed by atoms with van der Waals surface area (Å²) < 4.78 is 8.13. The third-order valence-corrected chi connectivity index (χ3v) is 5.53. The van der Waals surface area contributed by atoms with Gasteiger partial charge in [-0.25, -0.2) is 0 Å². The molecule has 2 aromatic carbocycles. The average Bonchev–Trinajstić information content (AvgIpc) is 2.96. The number of carbonyl (C=O) groups is 1. The molecule has 0 fully saturated rings. The molecule has 0 N–H and O–H groups in total. The molecule has 0 saturated carbocycles. The molecule has 0 atom stereocenters. The van der Waals surface area contributed by atoms with Crippen LogP contribution < -0.4 is 9.54 Å². The third kappa shape index (κ3) is 4.13. The highest BCUT2D eigenvalue weighted by molar-refractivity contribution is 7.16. The van der Waals surface area contributed by atoms with Gasteiger partial charge in [0, 0.05) is 11.6 Å². The fourth-order valence-electron chi connectivity index (χ4n) is 2.30. The second-order valence-corrected chi connectivity index (χ2v) is 7.47. The van der Waals surface area contributed by atoms with Gasteiger partial charge in [-0.1, -0.05) is 52.2 Å². The van der Waals surface area contributed by atoms with Gasteiger partial charge in [-0.3, -0.25) is 4.79 Å². The van der Waals surface area contributed by atoms with Crippen LogP contribution in [0.5, 0.6) is 5.75 Å². The van der Waals surface area contributed by atoms with Crippen molar-refractivity contribution >= 4 is 62.3 Å². The Hall–Kier alpha value is -1.79. The minimum absolute atomic E-state index is 0.182. The molecular weight excluding hydrogens is 415 g/mol. The monoisotopic (exact) mass is 426 g/mol. The van der Waals surface area contributed by atoms with Gasteiger partial charge in [0.2, 0.25) is 0 Å². The van der Waals surface area contributed by atoms with Crippen molar-refractivity contribution < 1.29 is 9.53 Å². The van der Waals surface area contributed by atoms with E-state index in [-0.39, 0.29) is 6.61 Å². The maximum atomic E-state index is 12.2. The summed E-state index contributed by atoms with van der Waals surface area (Å²) in [5.74, 6) is 0.134. The molecule has 4 nitrogen and oxygen atoms in total. The van der Waals surface area contributed by atoms with Crippen LogP contribution in [0.25, 0.3) is 10.2 Å². The molecule has 0 saturated heterocycles. The number of ether oxygens (including phenoxy) is 1. The van der Waals surface area contributed by atoms with Gasteiger partial charge >= 0.3 is 0 Å². The lowest BCUT2D eigenvalue weighted by molar-refractivity contribution is -0.120. The predicted octanol–water partition coefficient (Wildman–Crippen LogP) is 5.36. The van der Waals surface area contributed by atoms with E-state index in [0.717, 1.165) is 10.2 Å². The average molecular weight is 428 g/mol. The zero-order valence-corrected chi connectivity index (χ0v) is 16.5. The first-order chi connectivity index (χ1) is 12.5. The zero-order valence-electron chi connectivity index (χ0n) is 13.4. The summed E-state index contributed by atoms with van der Waals surface area (Å²) in [7, 11) is 0. The number of halogens is 3.